The molecule has 0 saturated heterocycles. The van der Waals surface area contributed by atoms with Gasteiger partial charge in [0.1, 0.15) is 0 Å². The fourth-order valence-corrected chi connectivity index (χ4v) is 19.1. The summed E-state index contributed by atoms with van der Waals surface area (Å²) in [5.74, 6) is 20.3. The molecule has 0 aliphatic heterocycles. The molecule has 12 unspecified atom stereocenters. The van der Waals surface area contributed by atoms with E-state index in [0.29, 0.717) is 0 Å². The Morgan fingerprint density at radius 2 is 0.380 bits per heavy atom. The molecule has 0 nitrogen and oxygen atoms in total. The summed E-state index contributed by atoms with van der Waals surface area (Å²) in [6.45, 7) is 0. The monoisotopic (exact) mass is 683 g/mol. The summed E-state index contributed by atoms with van der Waals surface area (Å²) in [5.41, 5.74) is 0. The van der Waals surface area contributed by atoms with Gasteiger partial charge >= 0.3 is 0 Å². The third-order valence-electron chi connectivity index (χ3n) is 20.6. The molecule has 10 rings (SSSR count). The lowest BCUT2D eigenvalue weighted by molar-refractivity contribution is -0.0166. The normalized spacial score (nSPS) is 52.1. The highest BCUT2D eigenvalue weighted by molar-refractivity contribution is 5.07. The number of fused-ring (bicyclic) bond motifs is 6. The van der Waals surface area contributed by atoms with Crippen molar-refractivity contribution in [3.8, 4) is 0 Å². The molecule has 10 aliphatic rings. The SMILES string of the molecule is C1CCC(C2CC(C3CCCCC3)CC(C3CC(C4C5CCCCC5C5CCCCC54)CC(C4C5CCCCC5C5CCCCC54)C3)C2)CC1. The molecule has 282 valence electrons. The van der Waals surface area contributed by atoms with Gasteiger partial charge in [0.15, 0.2) is 0 Å². The summed E-state index contributed by atoms with van der Waals surface area (Å²) in [6.07, 6.45) is 51.7. The second kappa shape index (κ2) is 15.3. The first kappa shape index (κ1) is 34.5. The van der Waals surface area contributed by atoms with Gasteiger partial charge < -0.3 is 0 Å². The molecule has 0 aromatic heterocycles. The van der Waals surface area contributed by atoms with Crippen molar-refractivity contribution in [2.75, 3.05) is 0 Å². The number of rotatable bonds is 5. The van der Waals surface area contributed by atoms with Crippen molar-refractivity contribution in [3.05, 3.63) is 0 Å². The highest BCUT2D eigenvalue weighted by atomic mass is 14.6. The average Bonchev–Trinajstić information content (AvgIpc) is 3.71. The highest BCUT2D eigenvalue weighted by Crippen LogP contribution is 2.66. The van der Waals surface area contributed by atoms with Crippen LogP contribution in [0.1, 0.15) is 205 Å². The van der Waals surface area contributed by atoms with Crippen LogP contribution in [-0.4, -0.2) is 0 Å². The van der Waals surface area contributed by atoms with Crippen LogP contribution in [0.4, 0.5) is 0 Å². The summed E-state index contributed by atoms with van der Waals surface area (Å²) in [6, 6.07) is 0. The van der Waals surface area contributed by atoms with Crippen LogP contribution in [0.2, 0.25) is 0 Å². The molecule has 0 spiro atoms. The van der Waals surface area contributed by atoms with Gasteiger partial charge in [-0.15, -0.1) is 0 Å². The van der Waals surface area contributed by atoms with Crippen molar-refractivity contribution in [2.45, 2.75) is 205 Å². The van der Waals surface area contributed by atoms with Gasteiger partial charge in [0.2, 0.25) is 0 Å². The molecule has 10 fully saturated rings. The van der Waals surface area contributed by atoms with E-state index in [0.717, 1.165) is 107 Å². The maximum absolute atomic E-state index is 1.72. The zero-order valence-electron chi connectivity index (χ0n) is 33.0. The van der Waals surface area contributed by atoms with Crippen molar-refractivity contribution < 1.29 is 0 Å². The van der Waals surface area contributed by atoms with Gasteiger partial charge in [0, 0.05) is 0 Å². The van der Waals surface area contributed by atoms with Gasteiger partial charge in [-0.25, -0.2) is 0 Å². The first-order valence-electron chi connectivity index (χ1n) is 24.8. The van der Waals surface area contributed by atoms with Crippen molar-refractivity contribution in [1.29, 1.82) is 0 Å². The van der Waals surface area contributed by atoms with E-state index < -0.39 is 0 Å². The van der Waals surface area contributed by atoms with Crippen molar-refractivity contribution in [2.24, 2.45) is 107 Å². The van der Waals surface area contributed by atoms with Gasteiger partial charge in [-0.3, -0.25) is 0 Å². The quantitative estimate of drug-likeness (QED) is 0.271. The Kier molecular flexibility index (Phi) is 10.5. The van der Waals surface area contributed by atoms with E-state index in [4.69, 9.17) is 0 Å². The second-order valence-electron chi connectivity index (χ2n) is 22.4. The molecule has 0 aromatic rings. The smallest absolute Gasteiger partial charge is 0.0323 e. The predicted octanol–water partition coefficient (Wildman–Crippen LogP) is 14.7. The van der Waals surface area contributed by atoms with Gasteiger partial charge in [-0.2, -0.15) is 0 Å². The molecule has 0 aromatic carbocycles. The Hall–Kier alpha value is 0. The molecule has 0 amide bonds. The maximum Gasteiger partial charge on any atom is -0.0323 e. The topological polar surface area (TPSA) is 0 Å². The molecular weight excluding hydrogens is 601 g/mol. The van der Waals surface area contributed by atoms with E-state index in [1.165, 1.54) is 0 Å². The van der Waals surface area contributed by atoms with Crippen LogP contribution in [0.15, 0.2) is 0 Å². The van der Waals surface area contributed by atoms with E-state index in [1.54, 1.807) is 205 Å². The highest BCUT2D eigenvalue weighted by Gasteiger charge is 2.58. The fraction of sp³-hybridized carbons (Fsp3) is 1.00. The van der Waals surface area contributed by atoms with E-state index >= 15 is 0 Å². The number of hydrogen-bond acceptors (Lipinski definition) is 0. The van der Waals surface area contributed by atoms with Gasteiger partial charge in [0.25, 0.3) is 0 Å². The first-order chi connectivity index (χ1) is 24.8. The van der Waals surface area contributed by atoms with Crippen LogP contribution in [0.5, 0.6) is 0 Å². The summed E-state index contributed by atoms with van der Waals surface area (Å²) < 4.78 is 0. The van der Waals surface area contributed by atoms with Crippen molar-refractivity contribution >= 4 is 0 Å². The van der Waals surface area contributed by atoms with Gasteiger partial charge in [-0.1, -0.05) is 116 Å². The van der Waals surface area contributed by atoms with Crippen molar-refractivity contribution in [1.82, 2.24) is 0 Å². The van der Waals surface area contributed by atoms with Crippen LogP contribution in [-0.2, 0) is 0 Å². The minimum atomic E-state index is 1.10. The lowest BCUT2D eigenvalue weighted by atomic mass is 9.54. The maximum atomic E-state index is 1.72. The molecule has 10 aliphatic carbocycles. The number of hydrogen-bond donors (Lipinski definition) is 0. The Balaban J connectivity index is 0.983. The van der Waals surface area contributed by atoms with Crippen LogP contribution >= 0.6 is 0 Å². The van der Waals surface area contributed by atoms with Crippen LogP contribution in [0.3, 0.4) is 0 Å². The fourth-order valence-electron chi connectivity index (χ4n) is 19.1. The molecule has 0 heteroatoms. The zero-order valence-corrected chi connectivity index (χ0v) is 33.0. The molecule has 0 N–H and O–H groups in total. The first-order valence-corrected chi connectivity index (χ1v) is 24.8. The van der Waals surface area contributed by atoms with E-state index in [1.807, 2.05) is 0 Å². The Labute approximate surface area is 311 Å². The summed E-state index contributed by atoms with van der Waals surface area (Å²) in [7, 11) is 0. The minimum absolute atomic E-state index is 1.10. The summed E-state index contributed by atoms with van der Waals surface area (Å²) >= 11 is 0. The third kappa shape index (κ3) is 6.47. The van der Waals surface area contributed by atoms with Crippen molar-refractivity contribution in [3.63, 3.8) is 0 Å². The lowest BCUT2D eigenvalue weighted by Crippen LogP contribution is -2.43. The zero-order chi connectivity index (χ0) is 33.0. The van der Waals surface area contributed by atoms with Gasteiger partial charge in [0.05, 0.1) is 0 Å². The third-order valence-corrected chi connectivity index (χ3v) is 20.6. The van der Waals surface area contributed by atoms with Crippen LogP contribution < -0.4 is 0 Å². The summed E-state index contributed by atoms with van der Waals surface area (Å²) in [4.78, 5) is 0. The van der Waals surface area contributed by atoms with Crippen LogP contribution in [0, 0.1) is 107 Å². The molecular formula is C50H82. The molecule has 50 heavy (non-hydrogen) atoms. The molecule has 10 saturated carbocycles. The van der Waals surface area contributed by atoms with E-state index in [9.17, 15) is 0 Å². The Bertz CT molecular complexity index is 967. The largest absolute Gasteiger partial charge is 0.0533 e. The predicted molar refractivity (Wildman–Crippen MR) is 211 cm³/mol. The Morgan fingerprint density at radius 1 is 0.160 bits per heavy atom. The standard InChI is InChI=1S/C50H82/c1-3-15-33(16-4-1)35-27-36(34-17-5-2-6-18-34)29-37(28-35)38-30-39(49-45-23-11-7-19-41(45)42-20-8-12-24-46(42)49)32-40(31-38)50-47-25-13-9-21-43(47)44-22-10-14-26-48(44)50/h33-50H,1-32H2. The second-order valence-corrected chi connectivity index (χ2v) is 22.4. The summed E-state index contributed by atoms with van der Waals surface area (Å²) in [5, 5.41) is 0. The lowest BCUT2D eigenvalue weighted by Gasteiger charge is -2.51. The molecule has 0 radical (unpaired) electrons. The Morgan fingerprint density at radius 3 is 0.700 bits per heavy atom. The minimum Gasteiger partial charge on any atom is -0.0533 e. The van der Waals surface area contributed by atoms with E-state index in [-0.39, 0.29) is 0 Å². The van der Waals surface area contributed by atoms with Gasteiger partial charge in [-0.05, 0) is 196 Å². The average molecular weight is 683 g/mol. The molecule has 0 heterocycles. The van der Waals surface area contributed by atoms with Crippen LogP contribution in [0.25, 0.3) is 0 Å². The molecule has 0 bridgehead atoms. The molecule has 12 atom stereocenters. The van der Waals surface area contributed by atoms with E-state index in [2.05, 4.69) is 0 Å².